The molecule has 0 aromatic heterocycles. The van der Waals surface area contributed by atoms with Crippen LogP contribution in [0.1, 0.15) is 12.0 Å². The van der Waals surface area contributed by atoms with Crippen LogP contribution in [0.2, 0.25) is 0 Å². The number of alkyl halides is 3. The number of carboxylic acid groups (broad SMARTS) is 1. The van der Waals surface area contributed by atoms with E-state index in [2.05, 4.69) is 10.2 Å². The number of carbonyl (C=O) groups is 2. The fourth-order valence-electron chi connectivity index (χ4n) is 3.88. The molecular formula is C20H26F4N2O5. The third-order valence-corrected chi connectivity index (χ3v) is 5.27. The first-order valence-electron chi connectivity index (χ1n) is 9.66. The van der Waals surface area contributed by atoms with Crippen molar-refractivity contribution in [2.24, 2.45) is 11.3 Å². The Bertz CT molecular complexity index is 761. The number of methoxy groups -OCH3 is 1. The highest BCUT2D eigenvalue weighted by molar-refractivity contribution is 5.77. The lowest BCUT2D eigenvalue weighted by atomic mass is 9.78. The second kappa shape index (κ2) is 10.9. The zero-order valence-electron chi connectivity index (χ0n) is 17.1. The summed E-state index contributed by atoms with van der Waals surface area (Å²) in [6.45, 7) is 4.78. The van der Waals surface area contributed by atoms with Crippen LogP contribution >= 0.6 is 0 Å². The van der Waals surface area contributed by atoms with Gasteiger partial charge in [0.2, 0.25) is 5.91 Å². The first-order valence-corrected chi connectivity index (χ1v) is 9.66. The van der Waals surface area contributed by atoms with Crippen molar-refractivity contribution in [2.45, 2.75) is 19.1 Å². The van der Waals surface area contributed by atoms with Crippen molar-refractivity contribution in [1.82, 2.24) is 10.2 Å². The number of carbonyl (C=O) groups excluding carboxylic acids is 1. The van der Waals surface area contributed by atoms with Crippen LogP contribution in [0.3, 0.4) is 0 Å². The van der Waals surface area contributed by atoms with Crippen LogP contribution in [0, 0.1) is 17.2 Å². The third-order valence-electron chi connectivity index (χ3n) is 5.27. The van der Waals surface area contributed by atoms with Crippen LogP contribution in [0.15, 0.2) is 24.3 Å². The van der Waals surface area contributed by atoms with Crippen molar-refractivity contribution in [1.29, 1.82) is 0 Å². The first-order chi connectivity index (χ1) is 14.6. The van der Waals surface area contributed by atoms with Gasteiger partial charge >= 0.3 is 12.1 Å². The zero-order valence-corrected chi connectivity index (χ0v) is 17.1. The number of benzene rings is 1. The molecule has 0 saturated carbocycles. The van der Waals surface area contributed by atoms with Crippen LogP contribution in [0.4, 0.5) is 17.6 Å². The molecule has 31 heavy (non-hydrogen) atoms. The van der Waals surface area contributed by atoms with E-state index in [0.29, 0.717) is 45.2 Å². The maximum atomic E-state index is 13.4. The van der Waals surface area contributed by atoms with Crippen molar-refractivity contribution < 1.29 is 41.7 Å². The number of aliphatic carboxylic acids is 1. The van der Waals surface area contributed by atoms with Crippen LogP contribution in [-0.4, -0.2) is 74.6 Å². The molecule has 0 unspecified atom stereocenters. The van der Waals surface area contributed by atoms with Gasteiger partial charge in [0.05, 0.1) is 19.8 Å². The number of rotatable bonds is 7. The van der Waals surface area contributed by atoms with E-state index in [4.69, 9.17) is 19.4 Å². The zero-order chi connectivity index (χ0) is 23.1. The van der Waals surface area contributed by atoms with Gasteiger partial charge in [-0.3, -0.25) is 9.69 Å². The van der Waals surface area contributed by atoms with E-state index in [0.717, 1.165) is 18.7 Å². The predicted molar refractivity (Wildman–Crippen MR) is 102 cm³/mol. The van der Waals surface area contributed by atoms with E-state index in [9.17, 15) is 22.4 Å². The summed E-state index contributed by atoms with van der Waals surface area (Å²) in [5.41, 5.74) is 0.848. The minimum absolute atomic E-state index is 0.0511. The number of likely N-dealkylation sites (tertiary alicyclic amines) is 1. The van der Waals surface area contributed by atoms with Gasteiger partial charge in [-0.25, -0.2) is 9.18 Å². The quantitative estimate of drug-likeness (QED) is 0.489. The molecule has 0 aliphatic carbocycles. The van der Waals surface area contributed by atoms with E-state index >= 15 is 0 Å². The standard InChI is InChI=1S/C18H25FN2O3.C2HF3O2/c1-23-6-5-20-17(22)8-18-12-21(10-15(18)11-24-13-18)9-14-3-2-4-16(19)7-14;3-2(4,5)1(6)7/h2-4,7,15H,5-6,8-13H2,1H3,(H,20,22);(H,6,7)/t15-,18+;/m1./s1. The highest BCUT2D eigenvalue weighted by atomic mass is 19.4. The Labute approximate surface area is 177 Å². The molecule has 1 aromatic carbocycles. The predicted octanol–water partition coefficient (Wildman–Crippen LogP) is 2.06. The van der Waals surface area contributed by atoms with Gasteiger partial charge in [-0.1, -0.05) is 12.1 Å². The number of fused-ring (bicyclic) bond motifs is 1. The van der Waals surface area contributed by atoms with Crippen molar-refractivity contribution in [3.8, 4) is 0 Å². The van der Waals surface area contributed by atoms with E-state index in [1.54, 1.807) is 19.2 Å². The van der Waals surface area contributed by atoms with Gasteiger partial charge in [-0.15, -0.1) is 0 Å². The average molecular weight is 450 g/mol. The van der Waals surface area contributed by atoms with E-state index in [1.165, 1.54) is 6.07 Å². The van der Waals surface area contributed by atoms with E-state index < -0.39 is 12.1 Å². The monoisotopic (exact) mass is 450 g/mol. The summed E-state index contributed by atoms with van der Waals surface area (Å²) < 4.78 is 55.7. The highest BCUT2D eigenvalue weighted by Gasteiger charge is 2.51. The minimum Gasteiger partial charge on any atom is -0.475 e. The van der Waals surface area contributed by atoms with Gasteiger partial charge in [0.15, 0.2) is 0 Å². The molecule has 2 heterocycles. The molecule has 11 heteroatoms. The number of amides is 1. The Balaban J connectivity index is 0.000000423. The Morgan fingerprint density at radius 3 is 2.71 bits per heavy atom. The molecule has 2 aliphatic rings. The Hall–Kier alpha value is -2.24. The summed E-state index contributed by atoms with van der Waals surface area (Å²) in [5.74, 6) is -2.55. The Kier molecular flexibility index (Phi) is 8.78. The molecule has 2 atom stereocenters. The van der Waals surface area contributed by atoms with Gasteiger partial charge in [0.1, 0.15) is 5.82 Å². The summed E-state index contributed by atoms with van der Waals surface area (Å²) >= 11 is 0. The number of halogens is 4. The maximum absolute atomic E-state index is 13.4. The fourth-order valence-corrected chi connectivity index (χ4v) is 3.88. The lowest BCUT2D eigenvalue weighted by molar-refractivity contribution is -0.192. The summed E-state index contributed by atoms with van der Waals surface area (Å²) in [6.07, 6.45) is -4.61. The molecule has 3 rings (SSSR count). The number of carboxylic acids is 1. The van der Waals surface area contributed by atoms with E-state index in [-0.39, 0.29) is 17.1 Å². The molecule has 7 nitrogen and oxygen atoms in total. The van der Waals surface area contributed by atoms with Crippen LogP contribution in [0.25, 0.3) is 0 Å². The number of ether oxygens (including phenoxy) is 2. The smallest absolute Gasteiger partial charge is 0.475 e. The third kappa shape index (κ3) is 7.44. The molecule has 2 aliphatic heterocycles. The summed E-state index contributed by atoms with van der Waals surface area (Å²) in [7, 11) is 1.62. The summed E-state index contributed by atoms with van der Waals surface area (Å²) in [4.78, 5) is 23.4. The lowest BCUT2D eigenvalue weighted by Crippen LogP contribution is -2.38. The Morgan fingerprint density at radius 1 is 1.39 bits per heavy atom. The SMILES string of the molecule is COCCNC(=O)C[C@]12COC[C@H]1CN(Cc1cccc(F)c1)C2.O=C(O)C(F)(F)F. The van der Waals surface area contributed by atoms with Crippen molar-refractivity contribution >= 4 is 11.9 Å². The van der Waals surface area contributed by atoms with Gasteiger partial charge < -0.3 is 19.9 Å². The second-order valence-corrected chi connectivity index (χ2v) is 7.70. The van der Waals surface area contributed by atoms with Crippen LogP contribution in [-0.2, 0) is 25.6 Å². The minimum atomic E-state index is -5.08. The van der Waals surface area contributed by atoms with Gasteiger partial charge in [-0.05, 0) is 17.7 Å². The van der Waals surface area contributed by atoms with Crippen LogP contribution in [0.5, 0.6) is 0 Å². The molecule has 174 valence electrons. The van der Waals surface area contributed by atoms with Gasteiger partial charge in [0.25, 0.3) is 0 Å². The lowest BCUT2D eigenvalue weighted by Gasteiger charge is -2.26. The average Bonchev–Trinajstić information content (AvgIpc) is 3.17. The molecule has 2 saturated heterocycles. The largest absolute Gasteiger partial charge is 0.490 e. The molecule has 2 N–H and O–H groups in total. The van der Waals surface area contributed by atoms with Crippen molar-refractivity contribution in [2.75, 3.05) is 46.6 Å². The van der Waals surface area contributed by atoms with Gasteiger partial charge in [-0.2, -0.15) is 13.2 Å². The first kappa shape index (κ1) is 25.0. The number of hydrogen-bond acceptors (Lipinski definition) is 5. The second-order valence-electron chi connectivity index (χ2n) is 7.70. The number of hydrogen-bond donors (Lipinski definition) is 2. The van der Waals surface area contributed by atoms with E-state index in [1.807, 2.05) is 6.07 Å². The maximum Gasteiger partial charge on any atom is 0.490 e. The van der Waals surface area contributed by atoms with Crippen LogP contribution < -0.4 is 5.32 Å². The molecule has 0 spiro atoms. The van der Waals surface area contributed by atoms with Crippen molar-refractivity contribution in [3.05, 3.63) is 35.6 Å². The molecular weight excluding hydrogens is 424 g/mol. The molecule has 1 amide bonds. The topological polar surface area (TPSA) is 88.1 Å². The molecule has 1 aromatic rings. The Morgan fingerprint density at radius 2 is 2.10 bits per heavy atom. The van der Waals surface area contributed by atoms with Gasteiger partial charge in [0, 0.05) is 51.0 Å². The molecule has 0 bridgehead atoms. The normalized spacial score (nSPS) is 23.1. The summed E-state index contributed by atoms with van der Waals surface area (Å²) in [5, 5.41) is 10.0. The molecule has 0 radical (unpaired) electrons. The van der Waals surface area contributed by atoms with Crippen molar-refractivity contribution in [3.63, 3.8) is 0 Å². The number of nitrogens with zero attached hydrogens (tertiary/aromatic N) is 1. The molecule has 2 fully saturated rings. The summed E-state index contributed by atoms with van der Waals surface area (Å²) in [6, 6.07) is 6.72. The highest BCUT2D eigenvalue weighted by Crippen LogP contribution is 2.44. The fraction of sp³-hybridized carbons (Fsp3) is 0.600. The number of nitrogens with one attached hydrogen (secondary N) is 1.